The number of nitrogens with one attached hydrogen (secondary N) is 1. The third-order valence-electron chi connectivity index (χ3n) is 2.56. The number of hydrogen-bond donors (Lipinski definition) is 2. The number of benzene rings is 1. The monoisotopic (exact) mass is 293 g/mol. The van der Waals surface area contributed by atoms with Gasteiger partial charge in [-0.25, -0.2) is 0 Å². The summed E-state index contributed by atoms with van der Waals surface area (Å²) in [6.45, 7) is -0.0978. The van der Waals surface area contributed by atoms with E-state index in [1.165, 1.54) is 11.8 Å². The van der Waals surface area contributed by atoms with Crippen LogP contribution < -0.4 is 5.32 Å². The highest BCUT2D eigenvalue weighted by atomic mass is 32.2. The number of aliphatic hydroxyl groups is 1. The molecule has 1 atom stereocenters. The Labute approximate surface area is 120 Å². The van der Waals surface area contributed by atoms with Gasteiger partial charge in [-0.15, -0.1) is 23.1 Å². The lowest BCUT2D eigenvalue weighted by atomic mass is 10.1. The molecule has 0 saturated carbocycles. The summed E-state index contributed by atoms with van der Waals surface area (Å²) in [4.78, 5) is 11.8. The summed E-state index contributed by atoms with van der Waals surface area (Å²) < 4.78 is 1.12. The van der Waals surface area contributed by atoms with Gasteiger partial charge in [-0.05, 0) is 17.0 Å². The van der Waals surface area contributed by atoms with Crippen molar-refractivity contribution < 1.29 is 9.90 Å². The lowest BCUT2D eigenvalue weighted by molar-refractivity contribution is -0.119. The second kappa shape index (κ2) is 7.33. The van der Waals surface area contributed by atoms with E-state index in [-0.39, 0.29) is 18.6 Å². The van der Waals surface area contributed by atoms with Gasteiger partial charge in [0.15, 0.2) is 0 Å². The lowest BCUT2D eigenvalue weighted by Gasteiger charge is -2.16. The van der Waals surface area contributed by atoms with Gasteiger partial charge >= 0.3 is 0 Å². The number of amides is 1. The molecule has 0 saturated heterocycles. The van der Waals surface area contributed by atoms with Gasteiger partial charge < -0.3 is 10.4 Å². The van der Waals surface area contributed by atoms with Gasteiger partial charge in [0.1, 0.15) is 0 Å². The molecule has 0 fully saturated rings. The standard InChI is InChI=1S/C14H15NO2S2/c16-9-12(11-5-2-1-3-6-11)15-13(17)10-19-14-7-4-8-18-14/h1-8,12,16H,9-10H2,(H,15,17). The third kappa shape index (κ3) is 4.38. The zero-order valence-electron chi connectivity index (χ0n) is 10.3. The maximum Gasteiger partial charge on any atom is 0.230 e. The largest absolute Gasteiger partial charge is 0.394 e. The normalized spacial score (nSPS) is 12.1. The van der Waals surface area contributed by atoms with Crippen molar-refractivity contribution >= 4 is 29.0 Å². The molecule has 1 aromatic heterocycles. The van der Waals surface area contributed by atoms with Crippen LogP contribution in [-0.2, 0) is 4.79 Å². The lowest BCUT2D eigenvalue weighted by Crippen LogP contribution is -2.32. The number of thiophene rings is 1. The Morgan fingerprint density at radius 2 is 2.05 bits per heavy atom. The van der Waals surface area contributed by atoms with E-state index in [4.69, 9.17) is 0 Å². The topological polar surface area (TPSA) is 49.3 Å². The van der Waals surface area contributed by atoms with E-state index >= 15 is 0 Å². The molecular weight excluding hydrogens is 278 g/mol. The molecule has 1 aromatic carbocycles. The average Bonchev–Trinajstić information content (AvgIpc) is 2.97. The van der Waals surface area contributed by atoms with E-state index in [1.54, 1.807) is 11.3 Å². The van der Waals surface area contributed by atoms with Crippen molar-refractivity contribution in [2.24, 2.45) is 0 Å². The van der Waals surface area contributed by atoms with E-state index in [1.807, 2.05) is 47.8 Å². The highest BCUT2D eigenvalue weighted by Crippen LogP contribution is 2.23. The summed E-state index contributed by atoms with van der Waals surface area (Å²) in [6.07, 6.45) is 0. The van der Waals surface area contributed by atoms with Crippen LogP contribution in [0.5, 0.6) is 0 Å². The fourth-order valence-corrected chi connectivity index (χ4v) is 3.23. The van der Waals surface area contributed by atoms with Crippen LogP contribution in [0.4, 0.5) is 0 Å². The number of carbonyl (C=O) groups excluding carboxylic acids is 1. The van der Waals surface area contributed by atoms with Crippen molar-refractivity contribution in [3.05, 3.63) is 53.4 Å². The first-order valence-corrected chi connectivity index (χ1v) is 7.77. The molecule has 0 aliphatic carbocycles. The van der Waals surface area contributed by atoms with Crippen LogP contribution >= 0.6 is 23.1 Å². The summed E-state index contributed by atoms with van der Waals surface area (Å²) in [5, 5.41) is 14.2. The van der Waals surface area contributed by atoms with Gasteiger partial charge in [-0.3, -0.25) is 4.79 Å². The zero-order valence-corrected chi connectivity index (χ0v) is 11.9. The molecule has 1 unspecified atom stereocenters. The molecule has 100 valence electrons. The Morgan fingerprint density at radius 3 is 2.68 bits per heavy atom. The average molecular weight is 293 g/mol. The van der Waals surface area contributed by atoms with Crippen LogP contribution in [0.25, 0.3) is 0 Å². The summed E-state index contributed by atoms with van der Waals surface area (Å²) in [5.41, 5.74) is 0.916. The van der Waals surface area contributed by atoms with Gasteiger partial charge in [0, 0.05) is 0 Å². The summed E-state index contributed by atoms with van der Waals surface area (Å²) in [7, 11) is 0. The summed E-state index contributed by atoms with van der Waals surface area (Å²) in [6, 6.07) is 13.1. The van der Waals surface area contributed by atoms with E-state index in [0.717, 1.165) is 9.77 Å². The van der Waals surface area contributed by atoms with Gasteiger partial charge in [-0.2, -0.15) is 0 Å². The van der Waals surface area contributed by atoms with Crippen LogP contribution in [0.1, 0.15) is 11.6 Å². The number of carbonyl (C=O) groups is 1. The van der Waals surface area contributed by atoms with Crippen LogP contribution in [-0.4, -0.2) is 23.4 Å². The molecule has 2 N–H and O–H groups in total. The Morgan fingerprint density at radius 1 is 1.26 bits per heavy atom. The first-order chi connectivity index (χ1) is 9.29. The van der Waals surface area contributed by atoms with E-state index in [0.29, 0.717) is 5.75 Å². The van der Waals surface area contributed by atoms with Crippen molar-refractivity contribution in [1.82, 2.24) is 5.32 Å². The molecule has 0 radical (unpaired) electrons. The minimum absolute atomic E-state index is 0.0682. The Balaban J connectivity index is 1.86. The highest BCUT2D eigenvalue weighted by Gasteiger charge is 2.13. The molecular formula is C14H15NO2S2. The number of thioether (sulfide) groups is 1. The SMILES string of the molecule is O=C(CSc1cccs1)NC(CO)c1ccccc1. The van der Waals surface area contributed by atoms with E-state index in [2.05, 4.69) is 5.32 Å². The smallest absolute Gasteiger partial charge is 0.230 e. The number of rotatable bonds is 6. The predicted molar refractivity (Wildman–Crippen MR) is 79.5 cm³/mol. The Kier molecular flexibility index (Phi) is 5.44. The van der Waals surface area contributed by atoms with Crippen molar-refractivity contribution in [2.45, 2.75) is 10.3 Å². The first-order valence-electron chi connectivity index (χ1n) is 5.91. The molecule has 0 aliphatic heterocycles. The second-order valence-electron chi connectivity index (χ2n) is 3.93. The van der Waals surface area contributed by atoms with Crippen LogP contribution in [0.3, 0.4) is 0 Å². The first kappa shape index (κ1) is 14.1. The Bertz CT molecular complexity index is 499. The maximum atomic E-state index is 11.8. The number of hydrogen-bond acceptors (Lipinski definition) is 4. The predicted octanol–water partition coefficient (Wildman–Crippen LogP) is 2.69. The quantitative estimate of drug-likeness (QED) is 0.805. The molecule has 0 aliphatic rings. The van der Waals surface area contributed by atoms with Crippen molar-refractivity contribution in [3.63, 3.8) is 0 Å². The minimum atomic E-state index is -0.336. The van der Waals surface area contributed by atoms with Gasteiger partial charge in [0.25, 0.3) is 0 Å². The number of aliphatic hydroxyl groups excluding tert-OH is 1. The van der Waals surface area contributed by atoms with Crippen LogP contribution in [0.15, 0.2) is 52.1 Å². The summed E-state index contributed by atoms with van der Waals surface area (Å²) >= 11 is 3.13. The van der Waals surface area contributed by atoms with Gasteiger partial charge in [0.2, 0.25) is 5.91 Å². The van der Waals surface area contributed by atoms with Crippen molar-refractivity contribution in [1.29, 1.82) is 0 Å². The van der Waals surface area contributed by atoms with Crippen molar-refractivity contribution in [3.8, 4) is 0 Å². The molecule has 0 spiro atoms. The van der Waals surface area contributed by atoms with Gasteiger partial charge in [-0.1, -0.05) is 36.4 Å². The molecule has 2 aromatic rings. The fourth-order valence-electron chi connectivity index (χ4n) is 1.64. The zero-order chi connectivity index (χ0) is 13.5. The fraction of sp³-hybridized carbons (Fsp3) is 0.214. The molecule has 3 nitrogen and oxygen atoms in total. The summed E-state index contributed by atoms with van der Waals surface area (Å²) in [5.74, 6) is 0.297. The van der Waals surface area contributed by atoms with E-state index < -0.39 is 0 Å². The third-order valence-corrected chi connectivity index (χ3v) is 4.69. The minimum Gasteiger partial charge on any atom is -0.394 e. The second-order valence-corrected chi connectivity index (χ2v) is 6.16. The molecule has 19 heavy (non-hydrogen) atoms. The molecule has 1 amide bonds. The van der Waals surface area contributed by atoms with Crippen LogP contribution in [0, 0.1) is 0 Å². The molecule has 1 heterocycles. The Hall–Kier alpha value is -1.30. The van der Waals surface area contributed by atoms with Crippen LogP contribution in [0.2, 0.25) is 0 Å². The maximum absolute atomic E-state index is 11.8. The molecule has 0 bridgehead atoms. The molecule has 2 rings (SSSR count). The highest BCUT2D eigenvalue weighted by molar-refractivity contribution is 8.01. The molecule has 5 heteroatoms. The van der Waals surface area contributed by atoms with Gasteiger partial charge in [0.05, 0.1) is 22.6 Å². The van der Waals surface area contributed by atoms with Crippen molar-refractivity contribution in [2.75, 3.05) is 12.4 Å². The van der Waals surface area contributed by atoms with E-state index in [9.17, 15) is 9.90 Å².